The highest BCUT2D eigenvalue weighted by Gasteiger charge is 2.26. The van der Waals surface area contributed by atoms with Gasteiger partial charge in [0.2, 0.25) is 15.9 Å². The molecule has 1 fully saturated rings. The molecule has 1 saturated carbocycles. The molecular formula is C11H16N2O4S. The Bertz CT molecular complexity index is 505. The molecule has 0 aliphatic heterocycles. The minimum absolute atomic E-state index is 0.0733. The lowest BCUT2D eigenvalue weighted by atomic mass is 10.4. The van der Waals surface area contributed by atoms with Crippen molar-refractivity contribution in [3.63, 3.8) is 0 Å². The Balaban J connectivity index is 1.98. The van der Waals surface area contributed by atoms with Gasteiger partial charge in [0.05, 0.1) is 25.6 Å². The van der Waals surface area contributed by atoms with E-state index in [2.05, 4.69) is 5.32 Å². The fourth-order valence-corrected chi connectivity index (χ4v) is 2.24. The van der Waals surface area contributed by atoms with Gasteiger partial charge in [0.1, 0.15) is 5.76 Å². The maximum atomic E-state index is 11.6. The third kappa shape index (κ3) is 3.85. The SMILES string of the molecule is CS(=O)(=O)N(CC(=O)NC1CC1)Cc1ccco1. The van der Waals surface area contributed by atoms with E-state index in [0.717, 1.165) is 23.4 Å². The number of furan rings is 1. The predicted octanol–water partition coefficient (Wildman–Crippen LogP) is 0.320. The summed E-state index contributed by atoms with van der Waals surface area (Å²) in [6.45, 7) is -0.0973. The highest BCUT2D eigenvalue weighted by atomic mass is 32.2. The average Bonchev–Trinajstić information content (AvgIpc) is 2.91. The lowest BCUT2D eigenvalue weighted by molar-refractivity contribution is -0.121. The minimum atomic E-state index is -3.44. The molecule has 0 radical (unpaired) electrons. The molecule has 6 nitrogen and oxygen atoms in total. The molecule has 1 aromatic heterocycles. The molecular weight excluding hydrogens is 256 g/mol. The number of rotatable bonds is 6. The van der Waals surface area contributed by atoms with E-state index in [-0.39, 0.29) is 25.0 Å². The standard InChI is InChI=1S/C11H16N2O4S/c1-18(15,16)13(7-10-3-2-6-17-10)8-11(14)12-9-4-5-9/h2-3,6,9H,4-5,7-8H2,1H3,(H,12,14). The molecule has 2 rings (SSSR count). The van der Waals surface area contributed by atoms with E-state index in [1.807, 2.05) is 0 Å². The molecule has 100 valence electrons. The van der Waals surface area contributed by atoms with Crippen molar-refractivity contribution >= 4 is 15.9 Å². The van der Waals surface area contributed by atoms with Crippen molar-refractivity contribution in [2.45, 2.75) is 25.4 Å². The second-order valence-electron chi connectivity index (χ2n) is 4.45. The molecule has 1 aromatic rings. The lowest BCUT2D eigenvalue weighted by Gasteiger charge is -2.18. The third-order valence-corrected chi connectivity index (χ3v) is 3.84. The molecule has 1 heterocycles. The molecule has 0 saturated heterocycles. The van der Waals surface area contributed by atoms with E-state index in [0.29, 0.717) is 5.76 Å². The van der Waals surface area contributed by atoms with E-state index in [4.69, 9.17) is 4.42 Å². The number of carbonyl (C=O) groups is 1. The van der Waals surface area contributed by atoms with Gasteiger partial charge in [0.25, 0.3) is 0 Å². The molecule has 1 N–H and O–H groups in total. The maximum absolute atomic E-state index is 11.6. The summed E-state index contributed by atoms with van der Waals surface area (Å²) in [4.78, 5) is 11.6. The zero-order chi connectivity index (χ0) is 13.2. The molecule has 0 atom stereocenters. The highest BCUT2D eigenvalue weighted by molar-refractivity contribution is 7.88. The van der Waals surface area contributed by atoms with E-state index in [1.165, 1.54) is 6.26 Å². The Hall–Kier alpha value is -1.34. The van der Waals surface area contributed by atoms with E-state index in [9.17, 15) is 13.2 Å². The van der Waals surface area contributed by atoms with E-state index >= 15 is 0 Å². The summed E-state index contributed by atoms with van der Waals surface area (Å²) < 4.78 is 29.4. The van der Waals surface area contributed by atoms with Gasteiger partial charge >= 0.3 is 0 Å². The van der Waals surface area contributed by atoms with Gasteiger partial charge in [-0.2, -0.15) is 4.31 Å². The Kier molecular flexibility index (Phi) is 3.72. The topological polar surface area (TPSA) is 79.6 Å². The maximum Gasteiger partial charge on any atom is 0.235 e. The molecule has 1 aliphatic rings. The Labute approximate surface area is 106 Å². The van der Waals surface area contributed by atoms with Crippen LogP contribution in [0.5, 0.6) is 0 Å². The number of sulfonamides is 1. The molecule has 0 bridgehead atoms. The second-order valence-corrected chi connectivity index (χ2v) is 6.43. The zero-order valence-corrected chi connectivity index (χ0v) is 10.9. The van der Waals surface area contributed by atoms with Crippen LogP contribution in [0.2, 0.25) is 0 Å². The largest absolute Gasteiger partial charge is 0.468 e. The Morgan fingerprint density at radius 3 is 2.78 bits per heavy atom. The first-order valence-electron chi connectivity index (χ1n) is 5.72. The Morgan fingerprint density at radius 1 is 1.56 bits per heavy atom. The fraction of sp³-hybridized carbons (Fsp3) is 0.545. The van der Waals surface area contributed by atoms with Crippen molar-refractivity contribution < 1.29 is 17.6 Å². The molecule has 18 heavy (non-hydrogen) atoms. The van der Waals surface area contributed by atoms with Gasteiger partial charge < -0.3 is 9.73 Å². The number of hydrogen-bond donors (Lipinski definition) is 1. The number of carbonyl (C=O) groups excluding carboxylic acids is 1. The lowest BCUT2D eigenvalue weighted by Crippen LogP contribution is -2.40. The van der Waals surface area contributed by atoms with Crippen LogP contribution < -0.4 is 5.32 Å². The summed E-state index contributed by atoms with van der Waals surface area (Å²) in [5, 5.41) is 2.76. The van der Waals surface area contributed by atoms with Crippen molar-refractivity contribution in [1.82, 2.24) is 9.62 Å². The smallest absolute Gasteiger partial charge is 0.235 e. The predicted molar refractivity (Wildman–Crippen MR) is 65.1 cm³/mol. The van der Waals surface area contributed by atoms with Crippen LogP contribution in [-0.2, 0) is 21.4 Å². The number of hydrogen-bond acceptors (Lipinski definition) is 4. The van der Waals surface area contributed by atoms with Crippen LogP contribution in [-0.4, -0.2) is 37.5 Å². The quantitative estimate of drug-likeness (QED) is 0.808. The molecule has 0 spiro atoms. The van der Waals surface area contributed by atoms with Crippen molar-refractivity contribution in [2.24, 2.45) is 0 Å². The molecule has 7 heteroatoms. The summed E-state index contributed by atoms with van der Waals surface area (Å²) in [7, 11) is -3.44. The number of nitrogens with zero attached hydrogens (tertiary/aromatic N) is 1. The van der Waals surface area contributed by atoms with Crippen molar-refractivity contribution in [1.29, 1.82) is 0 Å². The van der Waals surface area contributed by atoms with Crippen molar-refractivity contribution in [3.8, 4) is 0 Å². The summed E-state index contributed by atoms with van der Waals surface area (Å²) in [6, 6.07) is 3.58. The zero-order valence-electron chi connectivity index (χ0n) is 10.1. The van der Waals surface area contributed by atoms with Crippen LogP contribution in [0, 0.1) is 0 Å². The first-order chi connectivity index (χ1) is 8.45. The van der Waals surface area contributed by atoms with Crippen molar-refractivity contribution in [2.75, 3.05) is 12.8 Å². The molecule has 1 aliphatic carbocycles. The van der Waals surface area contributed by atoms with Crippen molar-refractivity contribution in [3.05, 3.63) is 24.2 Å². The van der Waals surface area contributed by atoms with Gasteiger partial charge in [-0.05, 0) is 25.0 Å². The molecule has 1 amide bonds. The van der Waals surface area contributed by atoms with Crippen LogP contribution in [0.15, 0.2) is 22.8 Å². The number of amides is 1. The van der Waals surface area contributed by atoms with Gasteiger partial charge in [-0.25, -0.2) is 8.42 Å². The molecule has 0 aromatic carbocycles. The van der Waals surface area contributed by atoms with Crippen LogP contribution >= 0.6 is 0 Å². The Morgan fingerprint density at radius 2 is 2.28 bits per heavy atom. The monoisotopic (exact) mass is 272 g/mol. The number of nitrogens with one attached hydrogen (secondary N) is 1. The third-order valence-electron chi connectivity index (χ3n) is 2.64. The summed E-state index contributed by atoms with van der Waals surface area (Å²) in [5.41, 5.74) is 0. The van der Waals surface area contributed by atoms with E-state index < -0.39 is 10.0 Å². The molecule has 0 unspecified atom stereocenters. The first kappa shape index (κ1) is 13.1. The van der Waals surface area contributed by atoms with E-state index in [1.54, 1.807) is 12.1 Å². The van der Waals surface area contributed by atoms with Gasteiger partial charge in [-0.3, -0.25) is 4.79 Å². The minimum Gasteiger partial charge on any atom is -0.468 e. The van der Waals surface area contributed by atoms with Gasteiger partial charge in [0.15, 0.2) is 0 Å². The van der Waals surface area contributed by atoms with Gasteiger partial charge in [0, 0.05) is 6.04 Å². The van der Waals surface area contributed by atoms with Crippen LogP contribution in [0.4, 0.5) is 0 Å². The average molecular weight is 272 g/mol. The summed E-state index contributed by atoms with van der Waals surface area (Å²) in [6.07, 6.45) is 4.51. The normalized spacial score (nSPS) is 15.9. The van der Waals surface area contributed by atoms with Gasteiger partial charge in [-0.15, -0.1) is 0 Å². The van der Waals surface area contributed by atoms with Gasteiger partial charge in [-0.1, -0.05) is 0 Å². The second kappa shape index (κ2) is 5.11. The summed E-state index contributed by atoms with van der Waals surface area (Å²) >= 11 is 0. The van der Waals surface area contributed by atoms with Crippen LogP contribution in [0.1, 0.15) is 18.6 Å². The fourth-order valence-electron chi connectivity index (χ4n) is 1.53. The highest BCUT2D eigenvalue weighted by Crippen LogP contribution is 2.18. The van der Waals surface area contributed by atoms with Crippen LogP contribution in [0.3, 0.4) is 0 Å². The first-order valence-corrected chi connectivity index (χ1v) is 7.57. The van der Waals surface area contributed by atoms with Crippen LogP contribution in [0.25, 0.3) is 0 Å². The summed E-state index contributed by atoms with van der Waals surface area (Å²) in [5.74, 6) is 0.245.